The molecule has 0 heterocycles. The van der Waals surface area contributed by atoms with Gasteiger partial charge in [0.1, 0.15) is 13.2 Å². The van der Waals surface area contributed by atoms with Crippen molar-refractivity contribution in [2.45, 2.75) is 90.1 Å². The van der Waals surface area contributed by atoms with Crippen LogP contribution in [-0.2, 0) is 9.53 Å². The number of nitrogens with zero attached hydrogens (tertiary/aromatic N) is 1. The molecule has 1 unspecified atom stereocenters. The molecule has 1 N–H and O–H groups in total. The Labute approximate surface area is 177 Å². The SMILES string of the molecule is CC[N+](C)(CC)CCOC(=O)C(C1CCCCC1)C1(O)CCCCCC1.[Br-]. The molecule has 0 spiro atoms. The maximum absolute atomic E-state index is 13.1. The molecule has 27 heavy (non-hydrogen) atoms. The number of esters is 1. The van der Waals surface area contributed by atoms with Crippen molar-refractivity contribution in [2.24, 2.45) is 11.8 Å². The van der Waals surface area contributed by atoms with Gasteiger partial charge in [-0.15, -0.1) is 0 Å². The highest BCUT2D eigenvalue weighted by atomic mass is 79.9. The standard InChI is InChI=1S/C22H42NO3.BrH/c1-4-23(3,5-2)17-18-26-21(24)20(19-13-9-8-10-14-19)22(25)15-11-6-7-12-16-22;/h19-20,25H,4-18H2,1-3H3;1H/q+1;/p-1. The Morgan fingerprint density at radius 3 is 2.07 bits per heavy atom. The largest absolute Gasteiger partial charge is 1.00 e. The molecule has 2 saturated carbocycles. The highest BCUT2D eigenvalue weighted by Gasteiger charge is 2.46. The van der Waals surface area contributed by atoms with Crippen LogP contribution < -0.4 is 17.0 Å². The number of carbonyl (C=O) groups excluding carboxylic acids is 1. The van der Waals surface area contributed by atoms with Crippen LogP contribution in [-0.4, -0.2) is 54.4 Å². The predicted molar refractivity (Wildman–Crippen MR) is 106 cm³/mol. The van der Waals surface area contributed by atoms with E-state index in [4.69, 9.17) is 4.74 Å². The lowest BCUT2D eigenvalue weighted by molar-refractivity contribution is -0.906. The number of ether oxygens (including phenoxy) is 1. The van der Waals surface area contributed by atoms with Crippen molar-refractivity contribution >= 4 is 5.97 Å². The van der Waals surface area contributed by atoms with Gasteiger partial charge in [-0.2, -0.15) is 0 Å². The molecule has 2 fully saturated rings. The molecule has 0 aromatic carbocycles. The first-order chi connectivity index (χ1) is 12.4. The summed E-state index contributed by atoms with van der Waals surface area (Å²) in [5.41, 5.74) is -0.844. The van der Waals surface area contributed by atoms with E-state index in [9.17, 15) is 9.90 Å². The Morgan fingerprint density at radius 1 is 1.04 bits per heavy atom. The Kier molecular flexibility index (Phi) is 10.9. The van der Waals surface area contributed by atoms with Crippen molar-refractivity contribution in [3.8, 4) is 0 Å². The van der Waals surface area contributed by atoms with Gasteiger partial charge in [-0.3, -0.25) is 4.79 Å². The van der Waals surface area contributed by atoms with Crippen molar-refractivity contribution in [1.82, 2.24) is 0 Å². The van der Waals surface area contributed by atoms with Crippen LogP contribution in [0, 0.1) is 11.8 Å². The topological polar surface area (TPSA) is 46.5 Å². The zero-order valence-corrected chi connectivity index (χ0v) is 19.4. The summed E-state index contributed by atoms with van der Waals surface area (Å²) in [6.45, 7) is 7.79. The number of aliphatic hydroxyl groups is 1. The number of carbonyl (C=O) groups is 1. The Balaban J connectivity index is 0.00000364. The summed E-state index contributed by atoms with van der Waals surface area (Å²) in [7, 11) is 2.21. The van der Waals surface area contributed by atoms with E-state index in [2.05, 4.69) is 20.9 Å². The zero-order chi connectivity index (χ0) is 19.0. The van der Waals surface area contributed by atoms with Crippen LogP contribution in [0.25, 0.3) is 0 Å². The van der Waals surface area contributed by atoms with Gasteiger partial charge in [0.05, 0.1) is 31.7 Å². The molecule has 2 aliphatic rings. The molecule has 4 nitrogen and oxygen atoms in total. The molecule has 0 radical (unpaired) electrons. The first kappa shape index (κ1) is 24.9. The predicted octanol–water partition coefficient (Wildman–Crippen LogP) is 1.30. The summed E-state index contributed by atoms with van der Waals surface area (Å²) >= 11 is 0. The monoisotopic (exact) mass is 447 g/mol. The zero-order valence-electron chi connectivity index (χ0n) is 17.9. The molecule has 2 rings (SSSR count). The molecule has 0 aliphatic heterocycles. The van der Waals surface area contributed by atoms with Gasteiger partial charge in [0.15, 0.2) is 0 Å². The highest BCUT2D eigenvalue weighted by Crippen LogP contribution is 2.42. The summed E-state index contributed by atoms with van der Waals surface area (Å²) in [6.07, 6.45) is 11.7. The van der Waals surface area contributed by atoms with Crippen molar-refractivity contribution in [3.63, 3.8) is 0 Å². The average molecular weight is 448 g/mol. The van der Waals surface area contributed by atoms with Gasteiger partial charge >= 0.3 is 5.97 Å². The van der Waals surface area contributed by atoms with E-state index in [1.807, 2.05) is 0 Å². The molecule has 0 bridgehead atoms. The first-order valence-electron chi connectivity index (χ1n) is 11.2. The van der Waals surface area contributed by atoms with Gasteiger partial charge in [-0.1, -0.05) is 44.9 Å². The van der Waals surface area contributed by atoms with E-state index in [1.165, 1.54) is 32.1 Å². The number of hydrogen-bond donors (Lipinski definition) is 1. The molecule has 1 atom stereocenters. The summed E-state index contributed by atoms with van der Waals surface area (Å²) in [5.74, 6) is -0.138. The molecule has 0 saturated heterocycles. The minimum Gasteiger partial charge on any atom is -1.00 e. The van der Waals surface area contributed by atoms with Gasteiger partial charge in [-0.05, 0) is 45.4 Å². The maximum Gasteiger partial charge on any atom is 0.312 e. The van der Waals surface area contributed by atoms with E-state index in [-0.39, 0.29) is 28.9 Å². The fourth-order valence-electron chi connectivity index (χ4n) is 4.97. The third-order valence-corrected chi connectivity index (χ3v) is 7.33. The second kappa shape index (κ2) is 11.8. The van der Waals surface area contributed by atoms with Crippen molar-refractivity contribution in [3.05, 3.63) is 0 Å². The molecule has 2 aliphatic carbocycles. The lowest BCUT2D eigenvalue weighted by atomic mass is 9.69. The van der Waals surface area contributed by atoms with Gasteiger partial charge in [0.2, 0.25) is 0 Å². The average Bonchev–Trinajstić information content (AvgIpc) is 2.87. The molecular weight excluding hydrogens is 406 g/mol. The van der Waals surface area contributed by atoms with Crippen LogP contribution in [0.5, 0.6) is 0 Å². The van der Waals surface area contributed by atoms with E-state index in [1.54, 1.807) is 0 Å². The Hall–Kier alpha value is -0.130. The van der Waals surface area contributed by atoms with E-state index in [0.29, 0.717) is 12.5 Å². The van der Waals surface area contributed by atoms with Crippen LogP contribution in [0.1, 0.15) is 84.5 Å². The van der Waals surface area contributed by atoms with Crippen molar-refractivity contribution in [1.29, 1.82) is 0 Å². The lowest BCUT2D eigenvalue weighted by Crippen LogP contribution is -3.00. The number of hydrogen-bond acceptors (Lipinski definition) is 3. The third kappa shape index (κ3) is 7.01. The fraction of sp³-hybridized carbons (Fsp3) is 0.955. The lowest BCUT2D eigenvalue weighted by Gasteiger charge is -2.40. The summed E-state index contributed by atoms with van der Waals surface area (Å²) < 4.78 is 6.72. The van der Waals surface area contributed by atoms with Gasteiger partial charge in [0.25, 0.3) is 0 Å². The highest BCUT2D eigenvalue weighted by molar-refractivity contribution is 5.74. The first-order valence-corrected chi connectivity index (χ1v) is 11.2. The smallest absolute Gasteiger partial charge is 0.312 e. The van der Waals surface area contributed by atoms with Crippen LogP contribution in [0.2, 0.25) is 0 Å². The van der Waals surface area contributed by atoms with Gasteiger partial charge < -0.3 is 31.3 Å². The number of rotatable bonds is 8. The summed E-state index contributed by atoms with van der Waals surface area (Å²) in [5, 5.41) is 11.5. The minimum absolute atomic E-state index is 0. The number of quaternary nitrogens is 1. The Bertz CT molecular complexity index is 425. The number of likely N-dealkylation sites (N-methyl/N-ethyl adjacent to an activating group) is 1. The molecular formula is C22H42BrNO3. The van der Waals surface area contributed by atoms with Crippen LogP contribution in [0.15, 0.2) is 0 Å². The second-order valence-electron chi connectivity index (χ2n) is 9.04. The molecule has 0 aromatic heterocycles. The van der Waals surface area contributed by atoms with E-state index < -0.39 is 5.60 Å². The molecule has 160 valence electrons. The molecule has 0 amide bonds. The van der Waals surface area contributed by atoms with Crippen LogP contribution in [0.3, 0.4) is 0 Å². The van der Waals surface area contributed by atoms with Crippen LogP contribution in [0.4, 0.5) is 0 Å². The van der Waals surface area contributed by atoms with E-state index >= 15 is 0 Å². The van der Waals surface area contributed by atoms with Crippen LogP contribution >= 0.6 is 0 Å². The quantitative estimate of drug-likeness (QED) is 0.346. The fourth-order valence-corrected chi connectivity index (χ4v) is 4.97. The summed E-state index contributed by atoms with van der Waals surface area (Å²) in [4.78, 5) is 13.1. The van der Waals surface area contributed by atoms with Crippen molar-refractivity contribution in [2.75, 3.05) is 33.3 Å². The van der Waals surface area contributed by atoms with Gasteiger partial charge in [-0.25, -0.2) is 0 Å². The normalized spacial score (nSPS) is 22.4. The van der Waals surface area contributed by atoms with E-state index in [0.717, 1.165) is 62.6 Å². The number of halogens is 1. The molecule has 0 aromatic rings. The second-order valence-corrected chi connectivity index (χ2v) is 9.04. The maximum atomic E-state index is 13.1. The summed E-state index contributed by atoms with van der Waals surface area (Å²) in [6, 6.07) is 0. The van der Waals surface area contributed by atoms with Gasteiger partial charge in [0, 0.05) is 0 Å². The Morgan fingerprint density at radius 2 is 1.56 bits per heavy atom. The van der Waals surface area contributed by atoms with Crippen molar-refractivity contribution < 1.29 is 36.1 Å². The minimum atomic E-state index is -0.844. The third-order valence-electron chi connectivity index (χ3n) is 7.33. The molecule has 5 heteroatoms.